The molecule has 0 aliphatic heterocycles. The predicted molar refractivity (Wildman–Crippen MR) is 40.4 cm³/mol. The van der Waals surface area contributed by atoms with Crippen LogP contribution in [0.1, 0.15) is 0 Å². The van der Waals surface area contributed by atoms with Crippen molar-refractivity contribution in [3.63, 3.8) is 0 Å². The van der Waals surface area contributed by atoms with Gasteiger partial charge in [-0.25, -0.2) is 0 Å². The molecule has 1 heterocycles. The van der Waals surface area contributed by atoms with Crippen LogP contribution in [-0.4, -0.2) is 15.4 Å². The summed E-state index contributed by atoms with van der Waals surface area (Å²) in [5.74, 6) is 0. The first-order chi connectivity index (χ1) is 4.88. The number of H-pyrrole nitrogens is 1. The summed E-state index contributed by atoms with van der Waals surface area (Å²) < 4.78 is 0. The molecule has 0 aliphatic rings. The molecule has 3 nitrogen and oxygen atoms in total. The van der Waals surface area contributed by atoms with Crippen molar-refractivity contribution in [3.05, 3.63) is 18.2 Å². The average Bonchev–Trinajstić information content (AvgIpc) is 2.36. The van der Waals surface area contributed by atoms with Crippen LogP contribution in [0.4, 0.5) is 0 Å². The van der Waals surface area contributed by atoms with E-state index in [0.29, 0.717) is 0 Å². The van der Waals surface area contributed by atoms with Crippen LogP contribution in [0.3, 0.4) is 0 Å². The van der Waals surface area contributed by atoms with Crippen molar-refractivity contribution in [3.8, 4) is 0 Å². The van der Waals surface area contributed by atoms with Crippen LogP contribution in [0.2, 0.25) is 0 Å². The van der Waals surface area contributed by atoms with Crippen LogP contribution in [0.25, 0.3) is 11.0 Å². The van der Waals surface area contributed by atoms with Gasteiger partial charge in [0.05, 0.1) is 5.52 Å². The van der Waals surface area contributed by atoms with Gasteiger partial charge in [-0.05, 0) is 15.3 Å². The van der Waals surface area contributed by atoms with E-state index in [9.17, 15) is 0 Å². The first-order valence-corrected chi connectivity index (χ1v) is 3.31. The van der Waals surface area contributed by atoms with Gasteiger partial charge in [-0.2, -0.15) is 0 Å². The summed E-state index contributed by atoms with van der Waals surface area (Å²) in [4.78, 5) is 0. The van der Waals surface area contributed by atoms with Gasteiger partial charge in [-0.3, -0.25) is 5.10 Å². The highest BCUT2D eigenvalue weighted by atomic mass is 31.0. The second-order valence-electron chi connectivity index (χ2n) is 1.99. The van der Waals surface area contributed by atoms with Gasteiger partial charge in [0.15, 0.2) is 0 Å². The SMILES string of the molecule is [P]c1cccc2[nH]nnc12. The average molecular weight is 149 g/mol. The normalized spacial score (nSPS) is 10.5. The number of aromatic nitrogens is 3. The van der Waals surface area contributed by atoms with Crippen LogP contribution >= 0.6 is 9.24 Å². The third-order valence-corrected chi connectivity index (χ3v) is 1.70. The second-order valence-corrected chi connectivity index (χ2v) is 2.47. The minimum atomic E-state index is 0.825. The molecule has 2 radical (unpaired) electrons. The molecule has 0 bridgehead atoms. The number of benzene rings is 1. The van der Waals surface area contributed by atoms with Gasteiger partial charge in [0.25, 0.3) is 0 Å². The number of fused-ring (bicyclic) bond motifs is 1. The van der Waals surface area contributed by atoms with Gasteiger partial charge in [-0.1, -0.05) is 17.3 Å². The first-order valence-electron chi connectivity index (χ1n) is 2.86. The van der Waals surface area contributed by atoms with Gasteiger partial charge >= 0.3 is 0 Å². The Balaban J connectivity index is 2.95. The summed E-state index contributed by atoms with van der Waals surface area (Å²) in [5, 5.41) is 11.1. The molecule has 0 unspecified atom stereocenters. The molecule has 0 saturated carbocycles. The molecular formula is C6H4N3P. The lowest BCUT2D eigenvalue weighted by Crippen LogP contribution is -1.90. The Morgan fingerprint density at radius 1 is 1.40 bits per heavy atom. The molecule has 0 spiro atoms. The summed E-state index contributed by atoms with van der Waals surface area (Å²) in [6.07, 6.45) is 0. The molecule has 1 aromatic heterocycles. The number of nitrogens with zero attached hydrogens (tertiary/aromatic N) is 2. The first kappa shape index (κ1) is 5.81. The Morgan fingerprint density at radius 2 is 2.30 bits per heavy atom. The quantitative estimate of drug-likeness (QED) is 0.567. The van der Waals surface area contributed by atoms with Crippen molar-refractivity contribution in [2.24, 2.45) is 0 Å². The van der Waals surface area contributed by atoms with Crippen LogP contribution in [-0.2, 0) is 0 Å². The van der Waals surface area contributed by atoms with Crippen molar-refractivity contribution < 1.29 is 0 Å². The molecule has 0 saturated heterocycles. The summed E-state index contributed by atoms with van der Waals surface area (Å²) in [6, 6.07) is 5.70. The monoisotopic (exact) mass is 149 g/mol. The van der Waals surface area contributed by atoms with E-state index in [-0.39, 0.29) is 0 Å². The molecule has 0 amide bonds. The Bertz CT molecular complexity index is 355. The maximum Gasteiger partial charge on any atom is 0.121 e. The molecule has 2 rings (SSSR count). The minimum absolute atomic E-state index is 0.825. The van der Waals surface area contributed by atoms with E-state index in [1.54, 1.807) is 0 Å². The number of nitrogens with one attached hydrogen (secondary N) is 1. The summed E-state index contributed by atoms with van der Waals surface area (Å²) in [5.41, 5.74) is 1.75. The number of hydrogen-bond acceptors (Lipinski definition) is 2. The molecule has 10 heavy (non-hydrogen) atoms. The summed E-state index contributed by atoms with van der Waals surface area (Å²) in [7, 11) is 4.19. The van der Waals surface area contributed by atoms with E-state index < -0.39 is 0 Å². The zero-order chi connectivity index (χ0) is 6.97. The lowest BCUT2D eigenvalue weighted by atomic mass is 10.3. The predicted octanol–water partition coefficient (Wildman–Crippen LogP) is 0.994. The lowest BCUT2D eigenvalue weighted by molar-refractivity contribution is 0.960. The number of hydrogen-bond donors (Lipinski definition) is 1. The van der Waals surface area contributed by atoms with Crippen molar-refractivity contribution in [1.82, 2.24) is 15.4 Å². The topological polar surface area (TPSA) is 41.6 Å². The third kappa shape index (κ3) is 0.711. The van der Waals surface area contributed by atoms with E-state index in [0.717, 1.165) is 16.3 Å². The number of aromatic amines is 1. The molecule has 1 N–H and O–H groups in total. The largest absolute Gasteiger partial charge is 0.258 e. The van der Waals surface area contributed by atoms with Crippen LogP contribution in [0.5, 0.6) is 0 Å². The van der Waals surface area contributed by atoms with Crippen LogP contribution in [0.15, 0.2) is 18.2 Å². The molecule has 0 atom stereocenters. The smallest absolute Gasteiger partial charge is 0.121 e. The third-order valence-electron chi connectivity index (χ3n) is 1.34. The maximum absolute atomic E-state index is 4.19. The Labute approximate surface area is 60.0 Å². The van der Waals surface area contributed by atoms with Crippen molar-refractivity contribution in [1.29, 1.82) is 0 Å². The molecule has 0 fully saturated rings. The minimum Gasteiger partial charge on any atom is -0.258 e. The molecule has 0 aliphatic carbocycles. The maximum atomic E-state index is 4.19. The van der Waals surface area contributed by atoms with Gasteiger partial charge in [0.2, 0.25) is 0 Å². The van der Waals surface area contributed by atoms with E-state index >= 15 is 0 Å². The highest BCUT2D eigenvalue weighted by Gasteiger charge is 1.97. The molecule has 1 aromatic carbocycles. The van der Waals surface area contributed by atoms with Crippen molar-refractivity contribution in [2.45, 2.75) is 0 Å². The van der Waals surface area contributed by atoms with E-state index in [1.165, 1.54) is 0 Å². The van der Waals surface area contributed by atoms with Crippen LogP contribution < -0.4 is 5.30 Å². The van der Waals surface area contributed by atoms with Crippen molar-refractivity contribution in [2.75, 3.05) is 0 Å². The Kier molecular flexibility index (Phi) is 1.18. The van der Waals surface area contributed by atoms with Gasteiger partial charge < -0.3 is 0 Å². The Morgan fingerprint density at radius 3 is 3.10 bits per heavy atom. The zero-order valence-electron chi connectivity index (χ0n) is 5.07. The molecular weight excluding hydrogens is 145 g/mol. The fraction of sp³-hybridized carbons (Fsp3) is 0. The zero-order valence-corrected chi connectivity index (χ0v) is 5.97. The van der Waals surface area contributed by atoms with E-state index in [2.05, 4.69) is 24.7 Å². The highest BCUT2D eigenvalue weighted by molar-refractivity contribution is 7.28. The van der Waals surface area contributed by atoms with E-state index in [4.69, 9.17) is 0 Å². The van der Waals surface area contributed by atoms with Gasteiger partial charge in [0, 0.05) is 5.30 Å². The lowest BCUT2D eigenvalue weighted by Gasteiger charge is -1.87. The summed E-state index contributed by atoms with van der Waals surface area (Å²) >= 11 is 0. The molecule has 48 valence electrons. The fourth-order valence-corrected chi connectivity index (χ4v) is 1.11. The molecule has 4 heteroatoms. The molecule has 2 aromatic rings. The van der Waals surface area contributed by atoms with Crippen molar-refractivity contribution >= 4 is 25.6 Å². The Hall–Kier alpha value is -0.950. The van der Waals surface area contributed by atoms with Gasteiger partial charge in [0.1, 0.15) is 5.52 Å². The van der Waals surface area contributed by atoms with E-state index in [1.807, 2.05) is 18.2 Å². The standard InChI is InChI=1S/C6H4N3P/c10-5-3-1-2-4-6(5)8-9-7-4/h1-3H,(H,7,8,9). The second kappa shape index (κ2) is 2.03. The number of rotatable bonds is 0. The highest BCUT2D eigenvalue weighted by Crippen LogP contribution is 2.05. The fourth-order valence-electron chi connectivity index (χ4n) is 0.856. The van der Waals surface area contributed by atoms with Crippen LogP contribution in [0, 0.1) is 0 Å². The van der Waals surface area contributed by atoms with Gasteiger partial charge in [-0.15, -0.1) is 5.10 Å². The summed E-state index contributed by atoms with van der Waals surface area (Å²) in [6.45, 7) is 0.